The second-order valence-electron chi connectivity index (χ2n) is 5.94. The highest BCUT2D eigenvalue weighted by Gasteiger charge is 2.47. The van der Waals surface area contributed by atoms with Crippen LogP contribution in [0.4, 0.5) is 13.2 Å². The average Bonchev–Trinajstić information content (AvgIpc) is 2.65. The maximum atomic E-state index is 12.1. The van der Waals surface area contributed by atoms with Crippen molar-refractivity contribution >= 4 is 26.9 Å². The Morgan fingerprint density at radius 1 is 1.07 bits per heavy atom. The lowest BCUT2D eigenvalue weighted by atomic mass is 9.98. The molecule has 0 bridgehead atoms. The Balaban J connectivity index is 1.88. The van der Waals surface area contributed by atoms with Crippen LogP contribution in [0.15, 0.2) is 36.4 Å². The van der Waals surface area contributed by atoms with Gasteiger partial charge < -0.3 is 9.47 Å². The third kappa shape index (κ3) is 5.35. The topological polar surface area (TPSA) is 78.9 Å². The highest BCUT2D eigenvalue weighted by atomic mass is 32.2. The van der Waals surface area contributed by atoms with Crippen molar-refractivity contribution in [3.63, 3.8) is 0 Å². The molecule has 2 aromatic rings. The molecule has 1 unspecified atom stereocenters. The SMILES string of the molecule is COc1ccc2cc(C(C)C(=O)OCCCOS(=O)(=O)C(F)(F)F)ccc2c1. The lowest BCUT2D eigenvalue weighted by Gasteiger charge is -2.13. The number of hydrogen-bond acceptors (Lipinski definition) is 6. The molecule has 2 rings (SSSR count). The quantitative estimate of drug-likeness (QED) is 0.280. The van der Waals surface area contributed by atoms with Gasteiger partial charge in [0.15, 0.2) is 0 Å². The van der Waals surface area contributed by atoms with Crippen molar-refractivity contribution in [3.8, 4) is 5.75 Å². The van der Waals surface area contributed by atoms with E-state index in [2.05, 4.69) is 4.18 Å². The number of ether oxygens (including phenoxy) is 2. The van der Waals surface area contributed by atoms with Gasteiger partial charge in [0.2, 0.25) is 0 Å². The van der Waals surface area contributed by atoms with Gasteiger partial charge in [0, 0.05) is 6.42 Å². The Kier molecular flexibility index (Phi) is 6.89. The van der Waals surface area contributed by atoms with E-state index < -0.39 is 34.1 Å². The summed E-state index contributed by atoms with van der Waals surface area (Å²) < 4.78 is 71.8. The number of benzene rings is 2. The number of hydrogen-bond donors (Lipinski definition) is 0. The molecule has 0 aliphatic heterocycles. The second kappa shape index (κ2) is 8.78. The summed E-state index contributed by atoms with van der Waals surface area (Å²) in [4.78, 5) is 12.1. The zero-order valence-electron chi connectivity index (χ0n) is 15.2. The van der Waals surface area contributed by atoms with Crippen molar-refractivity contribution in [2.75, 3.05) is 20.3 Å². The molecule has 28 heavy (non-hydrogen) atoms. The van der Waals surface area contributed by atoms with Crippen LogP contribution in [0.2, 0.25) is 0 Å². The summed E-state index contributed by atoms with van der Waals surface area (Å²) >= 11 is 0. The fourth-order valence-electron chi connectivity index (χ4n) is 2.37. The van der Waals surface area contributed by atoms with Crippen LogP contribution in [0.5, 0.6) is 5.75 Å². The number of carbonyl (C=O) groups excluding carboxylic acids is 1. The normalized spacial score (nSPS) is 13.3. The molecule has 0 spiro atoms. The number of fused-ring (bicyclic) bond motifs is 1. The van der Waals surface area contributed by atoms with Crippen molar-refractivity contribution in [2.45, 2.75) is 24.8 Å². The van der Waals surface area contributed by atoms with Gasteiger partial charge in [0.1, 0.15) is 5.75 Å². The van der Waals surface area contributed by atoms with E-state index in [0.717, 1.165) is 10.8 Å². The minimum Gasteiger partial charge on any atom is -0.497 e. The summed E-state index contributed by atoms with van der Waals surface area (Å²) in [6, 6.07) is 11.0. The smallest absolute Gasteiger partial charge is 0.497 e. The first-order valence-electron chi connectivity index (χ1n) is 8.25. The maximum absolute atomic E-state index is 12.1. The van der Waals surface area contributed by atoms with Crippen LogP contribution < -0.4 is 4.74 Å². The van der Waals surface area contributed by atoms with E-state index in [9.17, 15) is 26.4 Å². The van der Waals surface area contributed by atoms with Gasteiger partial charge in [-0.25, -0.2) is 0 Å². The molecule has 0 radical (unpaired) electrons. The van der Waals surface area contributed by atoms with Crippen LogP contribution in [0.3, 0.4) is 0 Å². The maximum Gasteiger partial charge on any atom is 0.523 e. The fraction of sp³-hybridized carbons (Fsp3) is 0.389. The van der Waals surface area contributed by atoms with Gasteiger partial charge in [-0.05, 0) is 35.4 Å². The Labute approximate surface area is 160 Å². The molecule has 0 saturated heterocycles. The van der Waals surface area contributed by atoms with E-state index in [4.69, 9.17) is 9.47 Å². The number of methoxy groups -OCH3 is 1. The third-order valence-corrected chi connectivity index (χ3v) is 5.02. The summed E-state index contributed by atoms with van der Waals surface area (Å²) in [5, 5.41) is 1.84. The van der Waals surface area contributed by atoms with E-state index in [1.54, 1.807) is 26.2 Å². The number of halogens is 3. The number of alkyl halides is 3. The molecule has 0 amide bonds. The van der Waals surface area contributed by atoms with Crippen molar-refractivity contribution in [3.05, 3.63) is 42.0 Å². The summed E-state index contributed by atoms with van der Waals surface area (Å²) in [5.74, 6) is -0.472. The van der Waals surface area contributed by atoms with Crippen molar-refractivity contribution < 1.29 is 40.0 Å². The van der Waals surface area contributed by atoms with Crippen LogP contribution in [0.25, 0.3) is 10.8 Å². The number of esters is 1. The third-order valence-electron chi connectivity index (χ3n) is 3.98. The number of carbonyl (C=O) groups is 1. The molecule has 2 aromatic carbocycles. The first-order chi connectivity index (χ1) is 13.0. The molecular weight excluding hydrogens is 401 g/mol. The first-order valence-corrected chi connectivity index (χ1v) is 9.66. The Morgan fingerprint density at radius 3 is 2.36 bits per heavy atom. The molecule has 0 aliphatic rings. The van der Waals surface area contributed by atoms with Gasteiger partial charge in [-0.2, -0.15) is 21.6 Å². The van der Waals surface area contributed by atoms with Gasteiger partial charge in [0.25, 0.3) is 0 Å². The van der Waals surface area contributed by atoms with Crippen LogP contribution >= 0.6 is 0 Å². The molecule has 0 heterocycles. The van der Waals surface area contributed by atoms with Gasteiger partial charge in [-0.3, -0.25) is 8.98 Å². The van der Waals surface area contributed by atoms with Gasteiger partial charge in [0.05, 0.1) is 26.2 Å². The van der Waals surface area contributed by atoms with Crippen LogP contribution in [0, 0.1) is 0 Å². The molecule has 154 valence electrons. The number of rotatable bonds is 8. The summed E-state index contributed by atoms with van der Waals surface area (Å²) in [5.41, 5.74) is -4.77. The summed E-state index contributed by atoms with van der Waals surface area (Å²) in [6.45, 7) is 0.639. The molecule has 1 atom stereocenters. The standard InChI is InChI=1S/C18H19F3O6S/c1-12(13-4-5-15-11-16(25-2)7-6-14(15)10-13)17(22)26-8-3-9-27-28(23,24)18(19,20)21/h4-7,10-12H,3,8-9H2,1-2H3. The minimum atomic E-state index is -5.63. The minimum absolute atomic E-state index is 0.189. The van der Waals surface area contributed by atoms with E-state index in [1.807, 2.05) is 24.3 Å². The van der Waals surface area contributed by atoms with E-state index >= 15 is 0 Å². The Morgan fingerprint density at radius 2 is 1.71 bits per heavy atom. The van der Waals surface area contributed by atoms with Crippen LogP contribution in [0.1, 0.15) is 24.8 Å². The first kappa shape index (κ1) is 22.0. The Bertz CT molecular complexity index is 940. The predicted molar refractivity (Wildman–Crippen MR) is 95.4 cm³/mol. The molecule has 10 heteroatoms. The van der Waals surface area contributed by atoms with Gasteiger partial charge in [-0.1, -0.05) is 24.3 Å². The van der Waals surface area contributed by atoms with Crippen LogP contribution in [-0.4, -0.2) is 40.2 Å². The highest BCUT2D eigenvalue weighted by molar-refractivity contribution is 7.87. The van der Waals surface area contributed by atoms with E-state index in [0.29, 0.717) is 11.3 Å². The van der Waals surface area contributed by atoms with Gasteiger partial charge in [-0.15, -0.1) is 0 Å². The average molecular weight is 420 g/mol. The lowest BCUT2D eigenvalue weighted by Crippen LogP contribution is -2.26. The van der Waals surface area contributed by atoms with Gasteiger partial charge >= 0.3 is 21.6 Å². The molecule has 0 N–H and O–H groups in total. The predicted octanol–water partition coefficient (Wildman–Crippen LogP) is 3.75. The van der Waals surface area contributed by atoms with E-state index in [1.165, 1.54) is 0 Å². The largest absolute Gasteiger partial charge is 0.523 e. The molecule has 6 nitrogen and oxygen atoms in total. The molecule has 0 aliphatic carbocycles. The second-order valence-corrected chi connectivity index (χ2v) is 7.54. The zero-order chi connectivity index (χ0) is 20.9. The van der Waals surface area contributed by atoms with E-state index in [-0.39, 0.29) is 13.0 Å². The summed E-state index contributed by atoms with van der Waals surface area (Å²) in [6.07, 6.45) is -0.189. The molecule has 0 saturated carbocycles. The molecular formula is C18H19F3O6S. The monoisotopic (exact) mass is 420 g/mol. The van der Waals surface area contributed by atoms with Crippen LogP contribution in [-0.2, 0) is 23.8 Å². The lowest BCUT2D eigenvalue weighted by molar-refractivity contribution is -0.145. The van der Waals surface area contributed by atoms with Crippen molar-refractivity contribution in [1.82, 2.24) is 0 Å². The highest BCUT2D eigenvalue weighted by Crippen LogP contribution is 2.26. The Hall–Kier alpha value is -2.33. The van der Waals surface area contributed by atoms with Crippen molar-refractivity contribution in [1.29, 1.82) is 0 Å². The van der Waals surface area contributed by atoms with Crippen molar-refractivity contribution in [2.24, 2.45) is 0 Å². The summed E-state index contributed by atoms with van der Waals surface area (Å²) in [7, 11) is -4.07. The molecule has 0 fully saturated rings. The zero-order valence-corrected chi connectivity index (χ0v) is 16.0. The fourth-order valence-corrected chi connectivity index (χ4v) is 2.84. The molecule has 0 aromatic heterocycles.